The molecule has 1 aromatic carbocycles. The molecule has 1 aromatic heterocycles. The van der Waals surface area contributed by atoms with Crippen molar-refractivity contribution in [2.45, 2.75) is 12.5 Å². The first kappa shape index (κ1) is 17.0. The topological polar surface area (TPSA) is 57.7 Å². The lowest BCUT2D eigenvalue weighted by atomic mass is 10.2. The van der Waals surface area contributed by atoms with Gasteiger partial charge in [0.15, 0.2) is 0 Å². The maximum Gasteiger partial charge on any atom is 0.253 e. The molecule has 2 saturated heterocycles. The maximum absolute atomic E-state index is 12.8. The third-order valence-corrected chi connectivity index (χ3v) is 5.09. The summed E-state index contributed by atoms with van der Waals surface area (Å²) in [6.45, 7) is 5.90. The molecule has 0 saturated carbocycles. The second-order valence-electron chi connectivity index (χ2n) is 6.79. The Balaban J connectivity index is 1.36. The predicted molar refractivity (Wildman–Crippen MR) is 99.5 cm³/mol. The van der Waals surface area contributed by atoms with E-state index in [1.54, 1.807) is 12.4 Å². The Morgan fingerprint density at radius 3 is 2.62 bits per heavy atom. The lowest BCUT2D eigenvalue weighted by Crippen LogP contribution is -2.49. The van der Waals surface area contributed by atoms with Gasteiger partial charge in [-0.15, -0.1) is 0 Å². The number of ether oxygens (including phenoxy) is 1. The molecular weight excluding hydrogens is 328 g/mol. The highest BCUT2D eigenvalue weighted by Gasteiger charge is 2.31. The monoisotopic (exact) mass is 352 g/mol. The van der Waals surface area contributed by atoms with E-state index in [1.807, 2.05) is 41.3 Å². The van der Waals surface area contributed by atoms with Crippen LogP contribution < -0.4 is 10.1 Å². The number of benzene rings is 1. The molecular formula is C20H24N4O2. The molecule has 4 rings (SSSR count). The summed E-state index contributed by atoms with van der Waals surface area (Å²) in [4.78, 5) is 21.3. The van der Waals surface area contributed by atoms with Crippen molar-refractivity contribution in [3.05, 3.63) is 54.4 Å². The van der Waals surface area contributed by atoms with E-state index in [1.165, 1.54) is 0 Å². The molecule has 1 amide bonds. The molecule has 6 nitrogen and oxygen atoms in total. The Morgan fingerprint density at radius 2 is 1.88 bits per heavy atom. The van der Waals surface area contributed by atoms with Crippen LogP contribution in [0.25, 0.3) is 0 Å². The summed E-state index contributed by atoms with van der Waals surface area (Å²) in [5.41, 5.74) is 0.712. The van der Waals surface area contributed by atoms with Gasteiger partial charge in [0.05, 0.1) is 6.20 Å². The lowest BCUT2D eigenvalue weighted by molar-refractivity contribution is 0.0773. The van der Waals surface area contributed by atoms with E-state index in [2.05, 4.69) is 15.2 Å². The Hall–Kier alpha value is -2.44. The number of rotatable bonds is 4. The number of nitrogens with one attached hydrogen (secondary N) is 1. The fourth-order valence-electron chi connectivity index (χ4n) is 3.66. The molecule has 0 radical (unpaired) electrons. The quantitative estimate of drug-likeness (QED) is 0.912. The van der Waals surface area contributed by atoms with Crippen molar-refractivity contribution in [2.24, 2.45) is 0 Å². The van der Waals surface area contributed by atoms with Gasteiger partial charge < -0.3 is 15.0 Å². The fourth-order valence-corrected chi connectivity index (χ4v) is 3.66. The summed E-state index contributed by atoms with van der Waals surface area (Å²) in [6, 6.07) is 11.5. The van der Waals surface area contributed by atoms with Crippen molar-refractivity contribution in [1.82, 2.24) is 20.1 Å². The number of carbonyl (C=O) groups is 1. The van der Waals surface area contributed by atoms with Crippen LogP contribution in [0.5, 0.6) is 11.5 Å². The SMILES string of the molecule is O=C(c1ccc(Oc2cccnc2)cc1)N1CCC(N2CCNCC2)C1. The Morgan fingerprint density at radius 1 is 1.08 bits per heavy atom. The molecule has 136 valence electrons. The van der Waals surface area contributed by atoms with Crippen LogP contribution in [0.2, 0.25) is 0 Å². The summed E-state index contributed by atoms with van der Waals surface area (Å²) >= 11 is 0. The van der Waals surface area contributed by atoms with Crippen molar-refractivity contribution >= 4 is 5.91 Å². The summed E-state index contributed by atoms with van der Waals surface area (Å²) in [7, 11) is 0. The number of piperazine rings is 1. The molecule has 1 unspecified atom stereocenters. The summed E-state index contributed by atoms with van der Waals surface area (Å²) in [6.07, 6.45) is 4.44. The van der Waals surface area contributed by atoms with Crippen molar-refractivity contribution in [2.75, 3.05) is 39.3 Å². The van der Waals surface area contributed by atoms with Gasteiger partial charge in [-0.3, -0.25) is 14.7 Å². The molecule has 2 fully saturated rings. The molecule has 0 bridgehead atoms. The van der Waals surface area contributed by atoms with E-state index in [0.717, 1.165) is 45.7 Å². The molecule has 2 aromatic rings. The maximum atomic E-state index is 12.8. The number of pyridine rings is 1. The van der Waals surface area contributed by atoms with Gasteiger partial charge in [0, 0.05) is 57.1 Å². The summed E-state index contributed by atoms with van der Waals surface area (Å²) in [5, 5.41) is 3.38. The zero-order chi connectivity index (χ0) is 17.8. The molecule has 2 aliphatic heterocycles. The summed E-state index contributed by atoms with van der Waals surface area (Å²) in [5.74, 6) is 1.50. The number of carbonyl (C=O) groups excluding carboxylic acids is 1. The Kier molecular flexibility index (Phi) is 5.13. The zero-order valence-corrected chi connectivity index (χ0v) is 14.8. The fraction of sp³-hybridized carbons (Fsp3) is 0.400. The van der Waals surface area contributed by atoms with Crippen LogP contribution in [0.1, 0.15) is 16.8 Å². The smallest absolute Gasteiger partial charge is 0.253 e. The molecule has 2 aliphatic rings. The van der Waals surface area contributed by atoms with Crippen LogP contribution in [0.15, 0.2) is 48.8 Å². The van der Waals surface area contributed by atoms with Crippen molar-refractivity contribution < 1.29 is 9.53 Å². The second-order valence-corrected chi connectivity index (χ2v) is 6.79. The molecule has 6 heteroatoms. The minimum absolute atomic E-state index is 0.107. The minimum Gasteiger partial charge on any atom is -0.456 e. The van der Waals surface area contributed by atoms with Crippen molar-refractivity contribution in [1.29, 1.82) is 0 Å². The first-order valence-corrected chi connectivity index (χ1v) is 9.21. The first-order valence-electron chi connectivity index (χ1n) is 9.21. The highest BCUT2D eigenvalue weighted by molar-refractivity contribution is 5.94. The van der Waals surface area contributed by atoms with Gasteiger partial charge >= 0.3 is 0 Å². The van der Waals surface area contributed by atoms with E-state index in [0.29, 0.717) is 23.1 Å². The van der Waals surface area contributed by atoms with Crippen molar-refractivity contribution in [3.8, 4) is 11.5 Å². The van der Waals surface area contributed by atoms with Gasteiger partial charge in [0.2, 0.25) is 0 Å². The molecule has 3 heterocycles. The highest BCUT2D eigenvalue weighted by atomic mass is 16.5. The second kappa shape index (κ2) is 7.85. The lowest BCUT2D eigenvalue weighted by Gasteiger charge is -2.32. The van der Waals surface area contributed by atoms with E-state index in [4.69, 9.17) is 4.74 Å². The molecule has 0 aliphatic carbocycles. The normalized spacial score (nSPS) is 20.9. The third kappa shape index (κ3) is 3.86. The Labute approximate surface area is 153 Å². The first-order chi connectivity index (χ1) is 12.8. The molecule has 1 N–H and O–H groups in total. The minimum atomic E-state index is 0.107. The van der Waals surface area contributed by atoms with Crippen LogP contribution >= 0.6 is 0 Å². The molecule has 1 atom stereocenters. The predicted octanol–water partition coefficient (Wildman–Crippen LogP) is 1.99. The molecule has 26 heavy (non-hydrogen) atoms. The van der Waals surface area contributed by atoms with E-state index >= 15 is 0 Å². The number of hydrogen-bond donors (Lipinski definition) is 1. The Bertz CT molecular complexity index is 729. The van der Waals surface area contributed by atoms with Crippen molar-refractivity contribution in [3.63, 3.8) is 0 Å². The zero-order valence-electron chi connectivity index (χ0n) is 14.8. The van der Waals surface area contributed by atoms with Gasteiger partial charge in [-0.05, 0) is 42.8 Å². The van der Waals surface area contributed by atoms with Crippen LogP contribution in [0.3, 0.4) is 0 Å². The number of aromatic nitrogens is 1. The number of hydrogen-bond acceptors (Lipinski definition) is 5. The van der Waals surface area contributed by atoms with Gasteiger partial charge in [0.1, 0.15) is 11.5 Å². The van der Waals surface area contributed by atoms with E-state index < -0.39 is 0 Å². The van der Waals surface area contributed by atoms with Gasteiger partial charge in [0.25, 0.3) is 5.91 Å². The standard InChI is InChI=1S/C20H24N4O2/c25-20(24-11-7-17(15-24)23-12-9-21-10-13-23)16-3-5-18(6-4-16)26-19-2-1-8-22-14-19/h1-6,8,14,17,21H,7,9-13,15H2. The summed E-state index contributed by atoms with van der Waals surface area (Å²) < 4.78 is 5.73. The van der Waals surface area contributed by atoms with Crippen LogP contribution in [0, 0.1) is 0 Å². The van der Waals surface area contributed by atoms with E-state index in [9.17, 15) is 4.79 Å². The third-order valence-electron chi connectivity index (χ3n) is 5.09. The van der Waals surface area contributed by atoms with Crippen LogP contribution in [-0.2, 0) is 0 Å². The number of amides is 1. The van der Waals surface area contributed by atoms with Gasteiger partial charge in [-0.25, -0.2) is 0 Å². The highest BCUT2D eigenvalue weighted by Crippen LogP contribution is 2.23. The van der Waals surface area contributed by atoms with Crippen LogP contribution in [0.4, 0.5) is 0 Å². The molecule has 0 spiro atoms. The average Bonchev–Trinajstić information content (AvgIpc) is 3.20. The van der Waals surface area contributed by atoms with Crippen LogP contribution in [-0.4, -0.2) is 66.0 Å². The van der Waals surface area contributed by atoms with Gasteiger partial charge in [-0.2, -0.15) is 0 Å². The number of likely N-dealkylation sites (tertiary alicyclic amines) is 1. The largest absolute Gasteiger partial charge is 0.456 e. The van der Waals surface area contributed by atoms with E-state index in [-0.39, 0.29) is 5.91 Å². The number of nitrogens with zero attached hydrogens (tertiary/aromatic N) is 3. The average molecular weight is 352 g/mol. The van der Waals surface area contributed by atoms with Gasteiger partial charge in [-0.1, -0.05) is 0 Å².